The highest BCUT2D eigenvalue weighted by Crippen LogP contribution is 2.24. The fraction of sp³-hybridized carbons (Fsp3) is 0.941. The van der Waals surface area contributed by atoms with Crippen molar-refractivity contribution in [3.05, 3.63) is 0 Å². The molecular formula is C17H34N4O. The SMILES string of the molecule is CCC(C)N(C)CCNC(=O)N1CCN(C2CCCC2)CC1. The first-order valence-corrected chi connectivity index (χ1v) is 9.09. The Bertz CT molecular complexity index is 336. The molecule has 2 amide bonds. The van der Waals surface area contributed by atoms with Crippen LogP contribution < -0.4 is 5.32 Å². The minimum atomic E-state index is 0.114. The number of urea groups is 1. The number of rotatable bonds is 6. The van der Waals surface area contributed by atoms with Crippen LogP contribution in [0.25, 0.3) is 0 Å². The Kier molecular flexibility index (Phi) is 6.96. The molecule has 0 aromatic carbocycles. The van der Waals surface area contributed by atoms with E-state index in [0.717, 1.165) is 51.7 Å². The quantitative estimate of drug-likeness (QED) is 0.815. The number of carbonyl (C=O) groups excluding carboxylic acids is 1. The maximum atomic E-state index is 12.2. The summed E-state index contributed by atoms with van der Waals surface area (Å²) < 4.78 is 0. The fourth-order valence-electron chi connectivity index (χ4n) is 3.54. The molecule has 5 heteroatoms. The molecule has 0 spiro atoms. The third-order valence-corrected chi connectivity index (χ3v) is 5.53. The van der Waals surface area contributed by atoms with Gasteiger partial charge in [-0.15, -0.1) is 0 Å². The van der Waals surface area contributed by atoms with Crippen molar-refractivity contribution in [1.29, 1.82) is 0 Å². The van der Waals surface area contributed by atoms with Gasteiger partial charge in [0.25, 0.3) is 0 Å². The predicted molar refractivity (Wildman–Crippen MR) is 91.2 cm³/mol. The van der Waals surface area contributed by atoms with Crippen LogP contribution in [0.4, 0.5) is 4.79 Å². The maximum Gasteiger partial charge on any atom is 0.317 e. The van der Waals surface area contributed by atoms with Gasteiger partial charge >= 0.3 is 6.03 Å². The van der Waals surface area contributed by atoms with Crippen LogP contribution in [0.3, 0.4) is 0 Å². The molecule has 2 aliphatic rings. The van der Waals surface area contributed by atoms with Gasteiger partial charge in [-0.2, -0.15) is 0 Å². The standard InChI is InChI=1S/C17H34N4O/c1-4-15(2)19(3)10-9-18-17(22)21-13-11-20(12-14-21)16-7-5-6-8-16/h15-16H,4-14H2,1-3H3,(H,18,22). The zero-order chi connectivity index (χ0) is 15.9. The third kappa shape index (κ3) is 4.85. The summed E-state index contributed by atoms with van der Waals surface area (Å²) in [5, 5.41) is 3.07. The molecule has 2 rings (SSSR count). The molecule has 1 aliphatic carbocycles. The maximum absolute atomic E-state index is 12.2. The van der Waals surface area contributed by atoms with E-state index in [9.17, 15) is 4.79 Å². The number of hydrogen-bond donors (Lipinski definition) is 1. The molecule has 1 N–H and O–H groups in total. The van der Waals surface area contributed by atoms with E-state index in [1.165, 1.54) is 25.7 Å². The van der Waals surface area contributed by atoms with Crippen molar-refractivity contribution in [2.75, 3.05) is 46.3 Å². The summed E-state index contributed by atoms with van der Waals surface area (Å²) >= 11 is 0. The molecule has 0 aromatic heterocycles. The molecule has 1 heterocycles. The highest BCUT2D eigenvalue weighted by atomic mass is 16.2. The second-order valence-electron chi connectivity index (χ2n) is 6.93. The van der Waals surface area contributed by atoms with E-state index in [-0.39, 0.29) is 6.03 Å². The first kappa shape index (κ1) is 17.5. The lowest BCUT2D eigenvalue weighted by atomic mass is 10.2. The Morgan fingerprint density at radius 2 is 1.86 bits per heavy atom. The van der Waals surface area contributed by atoms with Crippen molar-refractivity contribution in [3.63, 3.8) is 0 Å². The fourth-order valence-corrected chi connectivity index (χ4v) is 3.54. The molecule has 2 fully saturated rings. The van der Waals surface area contributed by atoms with Crippen LogP contribution in [0.1, 0.15) is 46.0 Å². The van der Waals surface area contributed by atoms with Crippen LogP contribution in [0.15, 0.2) is 0 Å². The van der Waals surface area contributed by atoms with Gasteiger partial charge in [-0.05, 0) is 33.2 Å². The van der Waals surface area contributed by atoms with Gasteiger partial charge in [0.2, 0.25) is 0 Å². The van der Waals surface area contributed by atoms with Crippen LogP contribution in [0.2, 0.25) is 0 Å². The van der Waals surface area contributed by atoms with Crippen LogP contribution in [0.5, 0.6) is 0 Å². The first-order chi connectivity index (χ1) is 10.6. The lowest BCUT2D eigenvalue weighted by Crippen LogP contribution is -2.54. The van der Waals surface area contributed by atoms with Gasteiger partial charge < -0.3 is 15.1 Å². The Morgan fingerprint density at radius 1 is 1.23 bits per heavy atom. The molecule has 1 atom stereocenters. The minimum Gasteiger partial charge on any atom is -0.337 e. The molecule has 5 nitrogen and oxygen atoms in total. The molecule has 0 radical (unpaired) electrons. The van der Waals surface area contributed by atoms with Gasteiger partial charge in [0, 0.05) is 51.4 Å². The number of nitrogens with one attached hydrogen (secondary N) is 1. The van der Waals surface area contributed by atoms with E-state index < -0.39 is 0 Å². The largest absolute Gasteiger partial charge is 0.337 e. The lowest BCUT2D eigenvalue weighted by molar-refractivity contribution is 0.109. The van der Waals surface area contributed by atoms with E-state index in [2.05, 4.69) is 36.0 Å². The molecule has 0 aromatic rings. The molecule has 0 bridgehead atoms. The first-order valence-electron chi connectivity index (χ1n) is 9.09. The van der Waals surface area contributed by atoms with E-state index >= 15 is 0 Å². The van der Waals surface area contributed by atoms with Gasteiger partial charge in [0.1, 0.15) is 0 Å². The zero-order valence-electron chi connectivity index (χ0n) is 14.7. The summed E-state index contributed by atoms with van der Waals surface area (Å²) in [6, 6.07) is 1.48. The summed E-state index contributed by atoms with van der Waals surface area (Å²) in [4.78, 5) is 19.1. The number of piperazine rings is 1. The molecule has 1 aliphatic heterocycles. The van der Waals surface area contributed by atoms with Crippen LogP contribution in [-0.4, -0.2) is 79.1 Å². The predicted octanol–water partition coefficient (Wildman–Crippen LogP) is 1.99. The van der Waals surface area contributed by atoms with Crippen molar-refractivity contribution in [2.45, 2.75) is 58.0 Å². The van der Waals surface area contributed by atoms with Crippen LogP contribution >= 0.6 is 0 Å². The van der Waals surface area contributed by atoms with Gasteiger partial charge in [0.15, 0.2) is 0 Å². The van der Waals surface area contributed by atoms with Crippen molar-refractivity contribution in [1.82, 2.24) is 20.0 Å². The van der Waals surface area contributed by atoms with Crippen molar-refractivity contribution >= 4 is 6.03 Å². The Morgan fingerprint density at radius 3 is 2.45 bits per heavy atom. The Hall–Kier alpha value is -0.810. The van der Waals surface area contributed by atoms with Crippen molar-refractivity contribution in [3.8, 4) is 0 Å². The van der Waals surface area contributed by atoms with Gasteiger partial charge in [-0.1, -0.05) is 19.8 Å². The Labute approximate surface area is 136 Å². The molecule has 1 saturated heterocycles. The highest BCUT2D eigenvalue weighted by Gasteiger charge is 2.27. The second kappa shape index (κ2) is 8.73. The average molecular weight is 310 g/mol. The van der Waals surface area contributed by atoms with Crippen LogP contribution in [0, 0.1) is 0 Å². The number of amides is 2. The Balaban J connectivity index is 1.62. The zero-order valence-corrected chi connectivity index (χ0v) is 14.7. The van der Waals surface area contributed by atoms with Crippen molar-refractivity contribution < 1.29 is 4.79 Å². The summed E-state index contributed by atoms with van der Waals surface area (Å²) in [6.45, 7) is 9.93. The number of nitrogens with zero attached hydrogens (tertiary/aromatic N) is 3. The normalized spacial score (nSPS) is 22.3. The number of likely N-dealkylation sites (N-methyl/N-ethyl adjacent to an activating group) is 1. The van der Waals surface area contributed by atoms with Gasteiger partial charge in [-0.3, -0.25) is 4.90 Å². The monoisotopic (exact) mass is 310 g/mol. The number of carbonyl (C=O) groups is 1. The molecule has 22 heavy (non-hydrogen) atoms. The summed E-state index contributed by atoms with van der Waals surface area (Å²) in [5.41, 5.74) is 0. The third-order valence-electron chi connectivity index (χ3n) is 5.53. The van der Waals surface area contributed by atoms with Crippen LogP contribution in [-0.2, 0) is 0 Å². The van der Waals surface area contributed by atoms with E-state index in [1.54, 1.807) is 0 Å². The second-order valence-corrected chi connectivity index (χ2v) is 6.93. The lowest BCUT2D eigenvalue weighted by Gasteiger charge is -2.38. The average Bonchev–Trinajstić information content (AvgIpc) is 3.08. The molecule has 128 valence electrons. The number of hydrogen-bond acceptors (Lipinski definition) is 3. The van der Waals surface area contributed by atoms with Gasteiger partial charge in [0.05, 0.1) is 0 Å². The summed E-state index contributed by atoms with van der Waals surface area (Å²) in [5.74, 6) is 0. The van der Waals surface area contributed by atoms with E-state index in [4.69, 9.17) is 0 Å². The topological polar surface area (TPSA) is 38.8 Å². The smallest absolute Gasteiger partial charge is 0.317 e. The highest BCUT2D eigenvalue weighted by molar-refractivity contribution is 5.74. The van der Waals surface area contributed by atoms with E-state index in [1.807, 2.05) is 4.90 Å². The van der Waals surface area contributed by atoms with Gasteiger partial charge in [-0.25, -0.2) is 4.79 Å². The molecule has 1 unspecified atom stereocenters. The molecular weight excluding hydrogens is 276 g/mol. The van der Waals surface area contributed by atoms with Crippen molar-refractivity contribution in [2.24, 2.45) is 0 Å². The summed E-state index contributed by atoms with van der Waals surface area (Å²) in [7, 11) is 2.13. The van der Waals surface area contributed by atoms with E-state index in [0.29, 0.717) is 6.04 Å². The summed E-state index contributed by atoms with van der Waals surface area (Å²) in [6.07, 6.45) is 6.62. The minimum absolute atomic E-state index is 0.114. The molecule has 1 saturated carbocycles.